The fourth-order valence-electron chi connectivity index (χ4n) is 2.54. The lowest BCUT2D eigenvalue weighted by Gasteiger charge is -2.18. The number of hydrogen-bond donors (Lipinski definition) is 2. The van der Waals surface area contributed by atoms with Gasteiger partial charge in [-0.25, -0.2) is 0 Å². The van der Waals surface area contributed by atoms with Gasteiger partial charge in [0.05, 0.1) is 17.1 Å². The van der Waals surface area contributed by atoms with Crippen LogP contribution in [0.4, 0.5) is 4.79 Å². The predicted octanol–water partition coefficient (Wildman–Crippen LogP) is 1.87. The third-order valence-corrected chi connectivity index (χ3v) is 6.01. The second-order valence-corrected chi connectivity index (χ2v) is 7.91. The minimum absolute atomic E-state index is 0.284. The molecule has 3 amide bonds. The number of nitrogens with one attached hydrogen (secondary N) is 1. The second kappa shape index (κ2) is 8.57. The molecule has 2 saturated heterocycles. The normalized spacial score (nSPS) is 24.8. The average Bonchev–Trinajstić information content (AvgIpc) is 3.14. The molecule has 2 atom stereocenters. The highest BCUT2D eigenvalue weighted by molar-refractivity contribution is 8.18. The van der Waals surface area contributed by atoms with Crippen LogP contribution in [0.25, 0.3) is 6.08 Å². The summed E-state index contributed by atoms with van der Waals surface area (Å²) in [6, 6.07) is 9.25. The van der Waals surface area contributed by atoms with Crippen molar-refractivity contribution in [3.05, 3.63) is 53.0 Å². The van der Waals surface area contributed by atoms with Crippen LogP contribution in [0.5, 0.6) is 0 Å². The number of nitrogens with zero attached hydrogens (tertiary/aromatic N) is 1. The summed E-state index contributed by atoms with van der Waals surface area (Å²) < 4.78 is 0. The summed E-state index contributed by atoms with van der Waals surface area (Å²) in [4.78, 5) is 37.7. The zero-order valence-electron chi connectivity index (χ0n) is 13.8. The molecule has 1 aromatic carbocycles. The molecule has 2 heterocycles. The topological polar surface area (TPSA) is 86.7 Å². The lowest BCUT2D eigenvalue weighted by atomic mass is 10.2. The van der Waals surface area contributed by atoms with Crippen LogP contribution in [0.1, 0.15) is 5.56 Å². The van der Waals surface area contributed by atoms with Gasteiger partial charge in [-0.1, -0.05) is 42.5 Å². The average molecular weight is 390 g/mol. The largest absolute Gasteiger partial charge is 0.390 e. The van der Waals surface area contributed by atoms with Gasteiger partial charge in [0.25, 0.3) is 11.1 Å². The van der Waals surface area contributed by atoms with E-state index in [2.05, 4.69) is 5.32 Å². The monoisotopic (exact) mass is 390 g/mol. The van der Waals surface area contributed by atoms with Gasteiger partial charge < -0.3 is 10.4 Å². The molecule has 0 aliphatic carbocycles. The molecule has 0 radical (unpaired) electrons. The van der Waals surface area contributed by atoms with Crippen LogP contribution >= 0.6 is 23.5 Å². The number of allylic oxidation sites excluding steroid dienone is 2. The van der Waals surface area contributed by atoms with E-state index in [4.69, 9.17) is 0 Å². The maximum absolute atomic E-state index is 12.3. The van der Waals surface area contributed by atoms with Gasteiger partial charge in [0.2, 0.25) is 5.91 Å². The van der Waals surface area contributed by atoms with Crippen molar-refractivity contribution in [2.45, 2.75) is 12.1 Å². The Bertz CT molecular complexity index is 764. The SMILES string of the molecule is O=C(CN1C(=O)S/C(=C\C=C\c2ccccc2)C1=O)N[C@H]1CSC[C@H]1O. The lowest BCUT2D eigenvalue weighted by molar-refractivity contribution is -0.129. The highest BCUT2D eigenvalue weighted by Gasteiger charge is 2.37. The Hall–Kier alpha value is -2.03. The molecule has 0 aromatic heterocycles. The summed E-state index contributed by atoms with van der Waals surface area (Å²) in [6.45, 7) is -0.335. The fourth-order valence-corrected chi connectivity index (χ4v) is 4.50. The Morgan fingerprint density at radius 3 is 2.73 bits per heavy atom. The minimum atomic E-state index is -0.595. The number of carbonyl (C=O) groups is 3. The maximum Gasteiger partial charge on any atom is 0.294 e. The third kappa shape index (κ3) is 4.57. The Morgan fingerprint density at radius 1 is 1.27 bits per heavy atom. The van der Waals surface area contributed by atoms with E-state index in [1.807, 2.05) is 36.4 Å². The lowest BCUT2D eigenvalue weighted by Crippen LogP contribution is -2.47. The molecule has 136 valence electrons. The Balaban J connectivity index is 1.58. The van der Waals surface area contributed by atoms with Crippen LogP contribution in [-0.2, 0) is 9.59 Å². The summed E-state index contributed by atoms with van der Waals surface area (Å²) in [5.74, 6) is 0.274. The summed E-state index contributed by atoms with van der Waals surface area (Å²) >= 11 is 2.37. The van der Waals surface area contributed by atoms with Crippen molar-refractivity contribution < 1.29 is 19.5 Å². The first kappa shape index (κ1) is 18.8. The molecule has 2 aliphatic rings. The molecule has 6 nitrogen and oxygen atoms in total. The summed E-state index contributed by atoms with van der Waals surface area (Å²) in [5, 5.41) is 11.9. The number of benzene rings is 1. The number of aliphatic hydroxyl groups excluding tert-OH is 1. The molecule has 2 aliphatic heterocycles. The van der Waals surface area contributed by atoms with E-state index in [0.29, 0.717) is 11.5 Å². The van der Waals surface area contributed by atoms with Gasteiger partial charge in [0.15, 0.2) is 0 Å². The minimum Gasteiger partial charge on any atom is -0.390 e. The van der Waals surface area contributed by atoms with E-state index >= 15 is 0 Å². The van der Waals surface area contributed by atoms with Crippen LogP contribution in [0.15, 0.2) is 47.4 Å². The van der Waals surface area contributed by atoms with E-state index in [0.717, 1.165) is 22.2 Å². The first-order valence-corrected chi connectivity index (χ1v) is 10.0. The number of thioether (sulfide) groups is 2. The maximum atomic E-state index is 12.3. The van der Waals surface area contributed by atoms with Crippen LogP contribution < -0.4 is 5.32 Å². The molecule has 2 fully saturated rings. The van der Waals surface area contributed by atoms with Crippen molar-refractivity contribution >= 4 is 46.7 Å². The molecule has 3 rings (SSSR count). The van der Waals surface area contributed by atoms with Crippen molar-refractivity contribution in [2.24, 2.45) is 0 Å². The number of amides is 3. The highest BCUT2D eigenvalue weighted by atomic mass is 32.2. The Morgan fingerprint density at radius 2 is 2.04 bits per heavy atom. The number of rotatable bonds is 5. The van der Waals surface area contributed by atoms with Gasteiger partial charge in [-0.15, -0.1) is 0 Å². The van der Waals surface area contributed by atoms with Gasteiger partial charge in [-0.2, -0.15) is 11.8 Å². The van der Waals surface area contributed by atoms with Crippen molar-refractivity contribution in [1.82, 2.24) is 10.2 Å². The third-order valence-electron chi connectivity index (χ3n) is 3.91. The Labute approximate surface area is 159 Å². The van der Waals surface area contributed by atoms with Gasteiger partial charge in [-0.3, -0.25) is 19.3 Å². The van der Waals surface area contributed by atoms with Crippen molar-refractivity contribution in [3.8, 4) is 0 Å². The summed E-state index contributed by atoms with van der Waals surface area (Å²) in [7, 11) is 0. The number of imide groups is 1. The van der Waals surface area contributed by atoms with Gasteiger partial charge in [0.1, 0.15) is 6.54 Å². The van der Waals surface area contributed by atoms with Crippen molar-refractivity contribution in [2.75, 3.05) is 18.1 Å². The first-order valence-electron chi connectivity index (χ1n) is 8.07. The first-order chi connectivity index (χ1) is 12.5. The summed E-state index contributed by atoms with van der Waals surface area (Å²) in [6.07, 6.45) is 4.52. The van der Waals surface area contributed by atoms with E-state index in [-0.39, 0.29) is 17.5 Å². The zero-order chi connectivity index (χ0) is 18.5. The van der Waals surface area contributed by atoms with Gasteiger partial charge in [0, 0.05) is 11.5 Å². The molecular formula is C18H18N2O4S2. The second-order valence-electron chi connectivity index (χ2n) is 5.84. The number of aliphatic hydroxyl groups is 1. The van der Waals surface area contributed by atoms with Gasteiger partial charge in [-0.05, 0) is 23.4 Å². The van der Waals surface area contributed by atoms with Crippen LogP contribution in [0, 0.1) is 0 Å². The number of hydrogen-bond acceptors (Lipinski definition) is 6. The standard InChI is InChI=1S/C18H18N2O4S2/c21-14-11-25-10-13(14)19-16(22)9-20-17(23)15(26-18(20)24)8-4-7-12-5-2-1-3-6-12/h1-8,13-14,21H,9-11H2,(H,19,22)/b7-4+,15-8-/t13-,14+/m0/s1. The molecule has 2 N–H and O–H groups in total. The van der Waals surface area contributed by atoms with Gasteiger partial charge >= 0.3 is 0 Å². The fraction of sp³-hybridized carbons (Fsp3) is 0.278. The van der Waals surface area contributed by atoms with E-state index in [1.54, 1.807) is 23.9 Å². The predicted molar refractivity (Wildman–Crippen MR) is 104 cm³/mol. The Kier molecular flexibility index (Phi) is 6.18. The molecule has 8 heteroatoms. The van der Waals surface area contributed by atoms with E-state index in [9.17, 15) is 19.5 Å². The molecule has 0 saturated carbocycles. The molecular weight excluding hydrogens is 372 g/mol. The van der Waals surface area contributed by atoms with Crippen molar-refractivity contribution in [1.29, 1.82) is 0 Å². The van der Waals surface area contributed by atoms with Crippen molar-refractivity contribution in [3.63, 3.8) is 0 Å². The van der Waals surface area contributed by atoms with E-state index < -0.39 is 23.2 Å². The smallest absolute Gasteiger partial charge is 0.294 e. The van der Waals surface area contributed by atoms with Crippen LogP contribution in [-0.4, -0.2) is 57.3 Å². The van der Waals surface area contributed by atoms with Crippen LogP contribution in [0.2, 0.25) is 0 Å². The molecule has 0 spiro atoms. The summed E-state index contributed by atoms with van der Waals surface area (Å²) in [5.41, 5.74) is 0.982. The highest BCUT2D eigenvalue weighted by Crippen LogP contribution is 2.30. The molecule has 1 aromatic rings. The zero-order valence-corrected chi connectivity index (χ0v) is 15.5. The van der Waals surface area contributed by atoms with E-state index in [1.165, 1.54) is 0 Å². The quantitative estimate of drug-likeness (QED) is 0.747. The molecule has 0 unspecified atom stereocenters. The molecule has 0 bridgehead atoms. The number of carbonyl (C=O) groups excluding carboxylic acids is 3. The molecule has 26 heavy (non-hydrogen) atoms. The van der Waals surface area contributed by atoms with Crippen LogP contribution in [0.3, 0.4) is 0 Å².